The molecule has 0 aromatic heterocycles. The lowest BCUT2D eigenvalue weighted by atomic mass is 10.2. The van der Waals surface area contributed by atoms with Gasteiger partial charge in [-0.2, -0.15) is 0 Å². The number of hydrogen-bond donors (Lipinski definition) is 0. The van der Waals surface area contributed by atoms with Crippen LogP contribution in [-0.2, 0) is 9.53 Å². The molecule has 1 aliphatic rings. The van der Waals surface area contributed by atoms with E-state index >= 15 is 0 Å². The Balaban J connectivity index is 2.69. The number of aldehydes is 1. The van der Waals surface area contributed by atoms with Gasteiger partial charge in [0, 0.05) is 12.6 Å². The van der Waals surface area contributed by atoms with Crippen LogP contribution in [0.15, 0.2) is 0 Å². The lowest BCUT2D eigenvalue weighted by molar-refractivity contribution is -0.111. The van der Waals surface area contributed by atoms with E-state index in [-0.39, 0.29) is 12.1 Å². The molecule has 1 fully saturated rings. The first-order chi connectivity index (χ1) is 7.74. The molecule has 1 heterocycles. The molecule has 5 nitrogen and oxygen atoms in total. The summed E-state index contributed by atoms with van der Waals surface area (Å²) in [6.07, 6.45) is 1.10. The van der Waals surface area contributed by atoms with Gasteiger partial charge in [-0.3, -0.25) is 4.90 Å². The lowest BCUT2D eigenvalue weighted by Crippen LogP contribution is -2.41. The highest BCUT2D eigenvalue weighted by Crippen LogP contribution is 2.22. The third kappa shape index (κ3) is 3.70. The maximum Gasteiger partial charge on any atom is 0.410 e. The minimum Gasteiger partial charge on any atom is -0.444 e. The van der Waals surface area contributed by atoms with E-state index in [1.165, 1.54) is 4.90 Å². The van der Waals surface area contributed by atoms with E-state index in [1.807, 2.05) is 39.8 Å². The fourth-order valence-corrected chi connectivity index (χ4v) is 1.88. The number of nitrogens with zero attached hydrogens (tertiary/aromatic N) is 2. The maximum absolute atomic E-state index is 11.9. The van der Waals surface area contributed by atoms with Crippen molar-refractivity contribution in [1.29, 1.82) is 0 Å². The second-order valence-electron chi connectivity index (χ2n) is 5.69. The van der Waals surface area contributed by atoms with E-state index in [0.29, 0.717) is 13.0 Å². The fraction of sp³-hybridized carbons (Fsp3) is 0.833. The smallest absolute Gasteiger partial charge is 0.410 e. The second-order valence-corrected chi connectivity index (χ2v) is 5.69. The van der Waals surface area contributed by atoms with Gasteiger partial charge in [-0.15, -0.1) is 0 Å². The van der Waals surface area contributed by atoms with Crippen LogP contribution >= 0.6 is 0 Å². The van der Waals surface area contributed by atoms with Crippen molar-refractivity contribution in [2.75, 3.05) is 20.6 Å². The summed E-state index contributed by atoms with van der Waals surface area (Å²) < 4.78 is 5.29. The highest BCUT2D eigenvalue weighted by molar-refractivity contribution is 5.74. The molecule has 2 atom stereocenters. The van der Waals surface area contributed by atoms with Crippen LogP contribution in [0.3, 0.4) is 0 Å². The average molecular weight is 242 g/mol. The lowest BCUT2D eigenvalue weighted by Gasteiger charge is -2.26. The summed E-state index contributed by atoms with van der Waals surface area (Å²) in [4.78, 5) is 26.5. The van der Waals surface area contributed by atoms with Crippen molar-refractivity contribution in [2.24, 2.45) is 0 Å². The predicted octanol–water partition coefficient (Wildman–Crippen LogP) is 1.12. The van der Waals surface area contributed by atoms with Crippen LogP contribution < -0.4 is 0 Å². The van der Waals surface area contributed by atoms with E-state index in [0.717, 1.165) is 6.29 Å². The molecule has 0 radical (unpaired) electrons. The number of amides is 1. The Morgan fingerprint density at radius 1 is 1.41 bits per heavy atom. The summed E-state index contributed by atoms with van der Waals surface area (Å²) >= 11 is 0. The van der Waals surface area contributed by atoms with E-state index in [1.54, 1.807) is 0 Å². The van der Waals surface area contributed by atoms with Crippen molar-refractivity contribution in [3.05, 3.63) is 0 Å². The molecule has 0 aromatic carbocycles. The van der Waals surface area contributed by atoms with Crippen molar-refractivity contribution in [3.8, 4) is 0 Å². The summed E-state index contributed by atoms with van der Waals surface area (Å²) in [7, 11) is 3.90. The number of likely N-dealkylation sites (N-methyl/N-ethyl adjacent to an activating group) is 1. The maximum atomic E-state index is 11.9. The average Bonchev–Trinajstić information content (AvgIpc) is 2.58. The molecule has 0 aliphatic carbocycles. The van der Waals surface area contributed by atoms with Crippen molar-refractivity contribution in [2.45, 2.75) is 44.9 Å². The zero-order chi connectivity index (χ0) is 13.2. The quantitative estimate of drug-likeness (QED) is 0.681. The number of rotatable bonds is 2. The Kier molecular flexibility index (Phi) is 4.14. The third-order valence-electron chi connectivity index (χ3n) is 2.84. The van der Waals surface area contributed by atoms with Gasteiger partial charge in [0.2, 0.25) is 0 Å². The van der Waals surface area contributed by atoms with Gasteiger partial charge >= 0.3 is 6.09 Å². The van der Waals surface area contributed by atoms with Crippen molar-refractivity contribution < 1.29 is 14.3 Å². The first-order valence-corrected chi connectivity index (χ1v) is 5.86. The zero-order valence-electron chi connectivity index (χ0n) is 11.3. The normalized spacial score (nSPS) is 25.2. The number of carbonyl (C=O) groups is 2. The number of hydrogen-bond acceptors (Lipinski definition) is 4. The molecular weight excluding hydrogens is 220 g/mol. The van der Waals surface area contributed by atoms with E-state index in [4.69, 9.17) is 4.74 Å². The highest BCUT2D eigenvalue weighted by Gasteiger charge is 2.38. The molecule has 5 heteroatoms. The van der Waals surface area contributed by atoms with Crippen LogP contribution in [0.4, 0.5) is 4.79 Å². The standard InChI is InChI=1S/C12H22N2O3/c1-12(2,3)17-11(16)14-7-9(13(4)5)6-10(14)8-15/h8-10H,6-7H2,1-5H3/t9-,10-/m0/s1. The Morgan fingerprint density at radius 2 is 2.00 bits per heavy atom. The van der Waals surface area contributed by atoms with Crippen LogP contribution in [0.1, 0.15) is 27.2 Å². The molecule has 0 aromatic rings. The number of ether oxygens (including phenoxy) is 1. The van der Waals surface area contributed by atoms with Crippen molar-refractivity contribution >= 4 is 12.4 Å². The monoisotopic (exact) mass is 242 g/mol. The molecule has 0 saturated carbocycles. The van der Waals surface area contributed by atoms with Crippen LogP contribution in [0.5, 0.6) is 0 Å². The van der Waals surface area contributed by atoms with Gasteiger partial charge in [0.05, 0.1) is 6.04 Å². The Morgan fingerprint density at radius 3 is 2.41 bits per heavy atom. The van der Waals surface area contributed by atoms with Crippen molar-refractivity contribution in [1.82, 2.24) is 9.80 Å². The van der Waals surface area contributed by atoms with Crippen LogP contribution in [0.25, 0.3) is 0 Å². The molecule has 98 valence electrons. The Hall–Kier alpha value is -1.10. The molecule has 1 rings (SSSR count). The van der Waals surface area contributed by atoms with Gasteiger partial charge in [0.15, 0.2) is 0 Å². The fourth-order valence-electron chi connectivity index (χ4n) is 1.88. The SMILES string of the molecule is CN(C)[C@H]1C[C@@H](C=O)N(C(=O)OC(C)(C)C)C1. The first-order valence-electron chi connectivity index (χ1n) is 5.86. The third-order valence-corrected chi connectivity index (χ3v) is 2.84. The topological polar surface area (TPSA) is 49.9 Å². The molecular formula is C12H22N2O3. The molecule has 0 bridgehead atoms. The second kappa shape index (κ2) is 5.04. The van der Waals surface area contributed by atoms with Crippen LogP contribution in [0.2, 0.25) is 0 Å². The minimum atomic E-state index is -0.527. The summed E-state index contributed by atoms with van der Waals surface area (Å²) in [5, 5.41) is 0. The van der Waals surface area contributed by atoms with E-state index in [2.05, 4.69) is 0 Å². The largest absolute Gasteiger partial charge is 0.444 e. The molecule has 0 unspecified atom stereocenters. The molecule has 0 spiro atoms. The first kappa shape index (κ1) is 14.0. The molecule has 17 heavy (non-hydrogen) atoms. The highest BCUT2D eigenvalue weighted by atomic mass is 16.6. The Labute approximate surface area is 103 Å². The summed E-state index contributed by atoms with van der Waals surface area (Å²) in [5.41, 5.74) is -0.527. The van der Waals surface area contributed by atoms with Gasteiger partial charge < -0.3 is 14.4 Å². The van der Waals surface area contributed by atoms with Crippen molar-refractivity contribution in [3.63, 3.8) is 0 Å². The van der Waals surface area contributed by atoms with E-state index in [9.17, 15) is 9.59 Å². The predicted molar refractivity (Wildman–Crippen MR) is 64.9 cm³/mol. The van der Waals surface area contributed by atoms with Gasteiger partial charge in [0.25, 0.3) is 0 Å². The van der Waals surface area contributed by atoms with Gasteiger partial charge in [0.1, 0.15) is 11.9 Å². The number of carbonyl (C=O) groups excluding carboxylic acids is 2. The molecule has 1 saturated heterocycles. The zero-order valence-corrected chi connectivity index (χ0v) is 11.3. The van der Waals surface area contributed by atoms with Gasteiger partial charge in [-0.25, -0.2) is 4.79 Å². The molecule has 1 amide bonds. The minimum absolute atomic E-state index is 0.220. The Bertz CT molecular complexity index is 297. The molecule has 0 N–H and O–H groups in total. The van der Waals surface area contributed by atoms with Gasteiger partial charge in [-0.05, 0) is 41.3 Å². The van der Waals surface area contributed by atoms with Gasteiger partial charge in [-0.1, -0.05) is 0 Å². The molecule has 1 aliphatic heterocycles. The number of likely N-dealkylation sites (tertiary alicyclic amines) is 1. The van der Waals surface area contributed by atoms with Crippen LogP contribution in [0, 0.1) is 0 Å². The summed E-state index contributed by atoms with van der Waals surface area (Å²) in [6.45, 7) is 6.01. The summed E-state index contributed by atoms with van der Waals surface area (Å²) in [6, 6.07) is -0.144. The van der Waals surface area contributed by atoms with Crippen LogP contribution in [-0.4, -0.2) is 60.5 Å². The van der Waals surface area contributed by atoms with E-state index < -0.39 is 11.7 Å². The summed E-state index contributed by atoms with van der Waals surface area (Å²) in [5.74, 6) is 0.